The number of rotatable bonds is 7. The molecule has 0 aliphatic carbocycles. The number of amides is 1. The van der Waals surface area contributed by atoms with Gasteiger partial charge in [-0.25, -0.2) is 0 Å². The molecule has 1 saturated heterocycles. The number of piperidine rings is 1. The van der Waals surface area contributed by atoms with E-state index >= 15 is 0 Å². The summed E-state index contributed by atoms with van der Waals surface area (Å²) in [6.07, 6.45) is 4.00. The molecule has 150 valence electrons. The van der Waals surface area contributed by atoms with Crippen molar-refractivity contribution < 1.29 is 4.79 Å². The van der Waals surface area contributed by atoms with Crippen molar-refractivity contribution in [2.24, 2.45) is 5.92 Å². The van der Waals surface area contributed by atoms with Crippen LogP contribution in [0.2, 0.25) is 0 Å². The van der Waals surface area contributed by atoms with Crippen molar-refractivity contribution >= 4 is 11.7 Å². The highest BCUT2D eigenvalue weighted by Gasteiger charge is 2.29. The molecular formula is C23H32N4O. The van der Waals surface area contributed by atoms with Crippen LogP contribution in [0.3, 0.4) is 0 Å². The van der Waals surface area contributed by atoms with Crippen molar-refractivity contribution in [3.05, 3.63) is 42.0 Å². The number of hydrogen-bond donors (Lipinski definition) is 0. The Hall–Kier alpha value is -2.43. The molecule has 0 spiro atoms. The monoisotopic (exact) mass is 380 g/mol. The second-order valence-electron chi connectivity index (χ2n) is 7.75. The third-order valence-electron chi connectivity index (χ3n) is 5.39. The van der Waals surface area contributed by atoms with Crippen LogP contribution in [-0.4, -0.2) is 47.2 Å². The molecule has 2 aromatic rings. The Morgan fingerprint density at radius 3 is 2.39 bits per heavy atom. The lowest BCUT2D eigenvalue weighted by Crippen LogP contribution is -2.45. The van der Waals surface area contributed by atoms with Crippen molar-refractivity contribution in [1.29, 1.82) is 0 Å². The molecule has 1 atom stereocenters. The SMILES string of the molecule is CCCN(CCC)C(=O)C1CCCN(c2ccc(-c3ccc(C)cc3)nn2)C1. The second kappa shape index (κ2) is 9.67. The molecule has 1 unspecified atom stereocenters. The van der Waals surface area contributed by atoms with Gasteiger partial charge in [0.15, 0.2) is 5.82 Å². The van der Waals surface area contributed by atoms with E-state index in [0.29, 0.717) is 5.91 Å². The van der Waals surface area contributed by atoms with Gasteiger partial charge in [0.05, 0.1) is 11.6 Å². The van der Waals surface area contributed by atoms with Crippen LogP contribution in [0.5, 0.6) is 0 Å². The van der Waals surface area contributed by atoms with Crippen molar-refractivity contribution in [3.63, 3.8) is 0 Å². The van der Waals surface area contributed by atoms with E-state index in [-0.39, 0.29) is 5.92 Å². The Morgan fingerprint density at radius 1 is 1.07 bits per heavy atom. The van der Waals surface area contributed by atoms with Crippen molar-refractivity contribution in [2.75, 3.05) is 31.1 Å². The number of carbonyl (C=O) groups is 1. The second-order valence-corrected chi connectivity index (χ2v) is 7.75. The van der Waals surface area contributed by atoms with Gasteiger partial charge in [-0.15, -0.1) is 10.2 Å². The first-order valence-electron chi connectivity index (χ1n) is 10.6. The zero-order valence-corrected chi connectivity index (χ0v) is 17.4. The standard InChI is InChI=1S/C23H32N4O/c1-4-14-26(15-5-2)23(28)20-7-6-16-27(17-20)22-13-12-21(24-25-22)19-10-8-18(3)9-11-19/h8-13,20H,4-7,14-17H2,1-3H3. The summed E-state index contributed by atoms with van der Waals surface area (Å²) >= 11 is 0. The van der Waals surface area contributed by atoms with Crippen molar-refractivity contribution in [1.82, 2.24) is 15.1 Å². The van der Waals surface area contributed by atoms with Gasteiger partial charge in [0.2, 0.25) is 5.91 Å². The molecule has 0 saturated carbocycles. The van der Waals surface area contributed by atoms with Gasteiger partial charge in [0, 0.05) is 31.7 Å². The lowest BCUT2D eigenvalue weighted by Gasteiger charge is -2.35. The highest BCUT2D eigenvalue weighted by molar-refractivity contribution is 5.79. The van der Waals surface area contributed by atoms with Crippen LogP contribution in [0.25, 0.3) is 11.3 Å². The molecule has 3 rings (SSSR count). The maximum atomic E-state index is 13.0. The van der Waals surface area contributed by atoms with Crippen LogP contribution in [0.15, 0.2) is 36.4 Å². The summed E-state index contributed by atoms with van der Waals surface area (Å²) in [4.78, 5) is 17.2. The summed E-state index contributed by atoms with van der Waals surface area (Å²) in [5, 5.41) is 8.89. The van der Waals surface area contributed by atoms with Crippen LogP contribution in [0, 0.1) is 12.8 Å². The fraction of sp³-hybridized carbons (Fsp3) is 0.522. The number of anilines is 1. The van der Waals surface area contributed by atoms with Crippen molar-refractivity contribution in [3.8, 4) is 11.3 Å². The molecular weight excluding hydrogens is 348 g/mol. The molecule has 28 heavy (non-hydrogen) atoms. The number of aryl methyl sites for hydroxylation is 1. The third-order valence-corrected chi connectivity index (χ3v) is 5.39. The van der Waals surface area contributed by atoms with Crippen LogP contribution in [-0.2, 0) is 4.79 Å². The molecule has 1 aliphatic rings. The average Bonchev–Trinajstić information content (AvgIpc) is 2.74. The summed E-state index contributed by atoms with van der Waals surface area (Å²) in [5.41, 5.74) is 3.19. The predicted octanol–water partition coefficient (Wildman–Crippen LogP) is 4.32. The maximum absolute atomic E-state index is 13.0. The minimum Gasteiger partial charge on any atom is -0.354 e. The Kier molecular flexibility index (Phi) is 7.01. The average molecular weight is 381 g/mol. The van der Waals surface area contributed by atoms with E-state index < -0.39 is 0 Å². The number of hydrogen-bond acceptors (Lipinski definition) is 4. The highest BCUT2D eigenvalue weighted by Crippen LogP contribution is 2.25. The van der Waals surface area contributed by atoms with Gasteiger partial charge in [-0.3, -0.25) is 4.79 Å². The number of aromatic nitrogens is 2. The molecule has 1 amide bonds. The van der Waals surface area contributed by atoms with E-state index in [1.807, 2.05) is 17.0 Å². The number of carbonyl (C=O) groups excluding carboxylic acids is 1. The fourth-order valence-electron chi connectivity index (χ4n) is 3.89. The molecule has 1 aliphatic heterocycles. The van der Waals surface area contributed by atoms with Gasteiger partial charge in [-0.1, -0.05) is 43.7 Å². The summed E-state index contributed by atoms with van der Waals surface area (Å²) in [7, 11) is 0. The molecule has 5 heteroatoms. The zero-order valence-electron chi connectivity index (χ0n) is 17.4. The van der Waals surface area contributed by atoms with Crippen LogP contribution in [0.4, 0.5) is 5.82 Å². The van der Waals surface area contributed by atoms with Gasteiger partial charge in [0.1, 0.15) is 0 Å². The molecule has 1 fully saturated rings. The summed E-state index contributed by atoms with van der Waals surface area (Å²) in [6.45, 7) is 9.73. The van der Waals surface area contributed by atoms with E-state index in [1.54, 1.807) is 0 Å². The van der Waals surface area contributed by atoms with Crippen LogP contribution >= 0.6 is 0 Å². The third kappa shape index (κ3) is 4.89. The summed E-state index contributed by atoms with van der Waals surface area (Å²) in [6, 6.07) is 12.4. The Morgan fingerprint density at radius 2 is 1.79 bits per heavy atom. The summed E-state index contributed by atoms with van der Waals surface area (Å²) in [5.74, 6) is 1.23. The fourth-order valence-corrected chi connectivity index (χ4v) is 3.89. The summed E-state index contributed by atoms with van der Waals surface area (Å²) < 4.78 is 0. The number of benzene rings is 1. The lowest BCUT2D eigenvalue weighted by atomic mass is 9.96. The molecule has 1 aromatic carbocycles. The first-order valence-corrected chi connectivity index (χ1v) is 10.6. The smallest absolute Gasteiger partial charge is 0.227 e. The van der Waals surface area contributed by atoms with Crippen LogP contribution in [0.1, 0.15) is 45.1 Å². The Labute approximate surface area is 168 Å². The quantitative estimate of drug-likeness (QED) is 0.718. The molecule has 0 N–H and O–H groups in total. The predicted molar refractivity (Wildman–Crippen MR) is 114 cm³/mol. The lowest BCUT2D eigenvalue weighted by molar-refractivity contribution is -0.135. The first-order chi connectivity index (χ1) is 13.6. The van der Waals surface area contributed by atoms with Gasteiger partial charge in [0.25, 0.3) is 0 Å². The van der Waals surface area contributed by atoms with Gasteiger partial charge < -0.3 is 9.80 Å². The first kappa shape index (κ1) is 20.3. The Bertz CT molecular complexity index is 751. The topological polar surface area (TPSA) is 49.3 Å². The minimum atomic E-state index is 0.0606. The van der Waals surface area contributed by atoms with Crippen molar-refractivity contribution in [2.45, 2.75) is 46.5 Å². The largest absolute Gasteiger partial charge is 0.354 e. The van der Waals surface area contributed by atoms with Crippen LogP contribution < -0.4 is 4.90 Å². The van der Waals surface area contributed by atoms with Gasteiger partial charge in [-0.2, -0.15) is 0 Å². The molecule has 0 bridgehead atoms. The molecule has 2 heterocycles. The van der Waals surface area contributed by atoms with E-state index in [9.17, 15) is 4.79 Å². The maximum Gasteiger partial charge on any atom is 0.227 e. The van der Waals surface area contributed by atoms with E-state index in [0.717, 1.165) is 68.9 Å². The van der Waals surface area contributed by atoms with E-state index in [2.05, 4.69) is 60.1 Å². The zero-order chi connectivity index (χ0) is 19.9. The molecule has 5 nitrogen and oxygen atoms in total. The Balaban J connectivity index is 1.68. The number of nitrogens with zero attached hydrogens (tertiary/aromatic N) is 4. The van der Waals surface area contributed by atoms with Gasteiger partial charge >= 0.3 is 0 Å². The van der Waals surface area contributed by atoms with E-state index in [4.69, 9.17) is 0 Å². The highest BCUT2D eigenvalue weighted by atomic mass is 16.2. The van der Waals surface area contributed by atoms with E-state index in [1.165, 1.54) is 5.56 Å². The molecule has 0 radical (unpaired) electrons. The normalized spacial score (nSPS) is 16.8. The molecule has 1 aromatic heterocycles. The van der Waals surface area contributed by atoms with Gasteiger partial charge in [-0.05, 0) is 44.7 Å². The minimum absolute atomic E-state index is 0.0606.